The molecule has 2 aromatic rings. The number of H-pyrrole nitrogens is 1. The van der Waals surface area contributed by atoms with Gasteiger partial charge in [0.15, 0.2) is 11.6 Å². The van der Waals surface area contributed by atoms with E-state index in [1.807, 2.05) is 13.8 Å². The van der Waals surface area contributed by atoms with Crippen molar-refractivity contribution in [3.8, 4) is 11.5 Å². The fourth-order valence-electron chi connectivity index (χ4n) is 1.54. The van der Waals surface area contributed by atoms with E-state index in [-0.39, 0.29) is 0 Å². The van der Waals surface area contributed by atoms with Crippen LogP contribution in [0, 0.1) is 0 Å². The number of hydrogen-bond donors (Lipinski definition) is 1. The molecule has 0 aliphatic heterocycles. The van der Waals surface area contributed by atoms with Gasteiger partial charge in [-0.05, 0) is 26.0 Å². The number of nitrogens with one attached hydrogen (secondary N) is 1. The molecule has 7 heteroatoms. The molecule has 6 nitrogen and oxygen atoms in total. The van der Waals surface area contributed by atoms with Crippen LogP contribution in [0.4, 0.5) is 0 Å². The Morgan fingerprint density at radius 2 is 1.95 bits per heavy atom. The summed E-state index contributed by atoms with van der Waals surface area (Å²) < 4.78 is 10.9. The number of halogens is 1. The third-order valence-corrected chi connectivity index (χ3v) is 2.52. The van der Waals surface area contributed by atoms with Gasteiger partial charge in [-0.15, -0.1) is 0 Å². The molecule has 0 saturated carbocycles. The second-order valence-corrected chi connectivity index (χ2v) is 4.02. The molecule has 0 spiro atoms. The Balaban J connectivity index is 2.22. The smallest absolute Gasteiger partial charge is 0.218 e. The first-order valence-corrected chi connectivity index (χ1v) is 6.40. The van der Waals surface area contributed by atoms with Crippen molar-refractivity contribution in [2.45, 2.75) is 20.1 Å². The molecule has 0 amide bonds. The fourth-order valence-corrected chi connectivity index (χ4v) is 1.70. The second kappa shape index (κ2) is 6.60. The second-order valence-electron chi connectivity index (χ2n) is 3.63. The molecule has 2 rings (SSSR count). The molecule has 0 radical (unpaired) electrons. The van der Waals surface area contributed by atoms with Gasteiger partial charge in [0, 0.05) is 13.2 Å². The Bertz CT molecular complexity index is 526. The summed E-state index contributed by atoms with van der Waals surface area (Å²) >= 11 is 5.84. The molecule has 0 aliphatic rings. The third kappa shape index (κ3) is 3.50. The largest absolute Gasteiger partial charge is 0.346 e. The summed E-state index contributed by atoms with van der Waals surface area (Å²) in [6.45, 7) is 4.83. The van der Waals surface area contributed by atoms with Crippen molar-refractivity contribution in [3.63, 3.8) is 0 Å². The lowest BCUT2D eigenvalue weighted by Gasteiger charge is -2.13. The summed E-state index contributed by atoms with van der Waals surface area (Å²) in [5, 5.41) is 7.29. The van der Waals surface area contributed by atoms with E-state index in [0.29, 0.717) is 35.7 Å². The SMILES string of the molecule is CCOC(OCC)c1nc(-c2cccc(Cl)n2)n[nH]1. The first-order valence-electron chi connectivity index (χ1n) is 6.03. The van der Waals surface area contributed by atoms with Crippen molar-refractivity contribution in [2.24, 2.45) is 0 Å². The van der Waals surface area contributed by atoms with Crippen LogP contribution in [0.1, 0.15) is 26.0 Å². The quantitative estimate of drug-likeness (QED) is 0.651. The summed E-state index contributed by atoms with van der Waals surface area (Å²) in [5.41, 5.74) is 0.599. The number of ether oxygens (including phenoxy) is 2. The Labute approximate surface area is 116 Å². The van der Waals surface area contributed by atoms with Crippen molar-refractivity contribution >= 4 is 11.6 Å². The number of pyridine rings is 1. The molecule has 2 heterocycles. The number of rotatable bonds is 6. The lowest BCUT2D eigenvalue weighted by atomic mass is 10.3. The van der Waals surface area contributed by atoms with Gasteiger partial charge in [-0.3, -0.25) is 5.10 Å². The van der Waals surface area contributed by atoms with Gasteiger partial charge in [0.25, 0.3) is 0 Å². The standard InChI is InChI=1S/C12H15ClN4O2/c1-3-18-12(19-4-2)11-15-10(16-17-11)8-6-5-7-9(13)14-8/h5-7,12H,3-4H2,1-2H3,(H,15,16,17). The highest BCUT2D eigenvalue weighted by molar-refractivity contribution is 6.29. The molecule has 0 bridgehead atoms. The zero-order valence-electron chi connectivity index (χ0n) is 10.8. The highest BCUT2D eigenvalue weighted by Crippen LogP contribution is 2.19. The van der Waals surface area contributed by atoms with Crippen LogP contribution in [0.2, 0.25) is 5.15 Å². The fraction of sp³-hybridized carbons (Fsp3) is 0.417. The molecule has 102 valence electrons. The van der Waals surface area contributed by atoms with Crippen molar-refractivity contribution in [1.82, 2.24) is 20.2 Å². The molecule has 0 aromatic carbocycles. The molecule has 2 aromatic heterocycles. The van der Waals surface area contributed by atoms with Crippen LogP contribution < -0.4 is 0 Å². The normalized spacial score (nSPS) is 11.2. The first-order chi connectivity index (χ1) is 9.24. The Morgan fingerprint density at radius 3 is 2.58 bits per heavy atom. The maximum Gasteiger partial charge on any atom is 0.218 e. The van der Waals surface area contributed by atoms with E-state index in [4.69, 9.17) is 21.1 Å². The minimum absolute atomic E-state index is 0.398. The van der Waals surface area contributed by atoms with Gasteiger partial charge in [0.05, 0.1) is 0 Å². The van der Waals surface area contributed by atoms with Crippen LogP contribution in [-0.2, 0) is 9.47 Å². The predicted molar refractivity (Wildman–Crippen MR) is 70.6 cm³/mol. The minimum atomic E-state index is -0.546. The lowest BCUT2D eigenvalue weighted by molar-refractivity contribution is -0.145. The summed E-state index contributed by atoms with van der Waals surface area (Å²) in [4.78, 5) is 8.47. The molecular formula is C12H15ClN4O2. The third-order valence-electron chi connectivity index (χ3n) is 2.31. The highest BCUT2D eigenvalue weighted by Gasteiger charge is 2.17. The average molecular weight is 283 g/mol. The Kier molecular flexibility index (Phi) is 4.84. The van der Waals surface area contributed by atoms with Crippen LogP contribution in [0.25, 0.3) is 11.5 Å². The van der Waals surface area contributed by atoms with E-state index < -0.39 is 6.29 Å². The number of hydrogen-bond acceptors (Lipinski definition) is 5. The van der Waals surface area contributed by atoms with Gasteiger partial charge >= 0.3 is 0 Å². The summed E-state index contributed by atoms with van der Waals surface area (Å²) in [5.74, 6) is 0.974. The zero-order chi connectivity index (χ0) is 13.7. The van der Waals surface area contributed by atoms with E-state index in [2.05, 4.69) is 20.2 Å². The average Bonchev–Trinajstić information content (AvgIpc) is 2.88. The van der Waals surface area contributed by atoms with E-state index in [1.54, 1.807) is 18.2 Å². The van der Waals surface area contributed by atoms with Crippen molar-refractivity contribution in [3.05, 3.63) is 29.2 Å². The van der Waals surface area contributed by atoms with Crippen LogP contribution in [0.5, 0.6) is 0 Å². The van der Waals surface area contributed by atoms with Gasteiger partial charge in [-0.1, -0.05) is 17.7 Å². The number of aromatic nitrogens is 4. The topological polar surface area (TPSA) is 72.9 Å². The molecular weight excluding hydrogens is 268 g/mol. The molecule has 0 aliphatic carbocycles. The van der Waals surface area contributed by atoms with E-state index in [9.17, 15) is 0 Å². The van der Waals surface area contributed by atoms with Gasteiger partial charge in [0.2, 0.25) is 6.29 Å². The molecule has 0 fully saturated rings. The summed E-state index contributed by atoms with van der Waals surface area (Å²) in [7, 11) is 0. The molecule has 19 heavy (non-hydrogen) atoms. The lowest BCUT2D eigenvalue weighted by Crippen LogP contribution is -2.10. The van der Waals surface area contributed by atoms with E-state index in [1.165, 1.54) is 0 Å². The summed E-state index contributed by atoms with van der Waals surface area (Å²) in [6.07, 6.45) is -0.546. The van der Waals surface area contributed by atoms with Crippen LogP contribution in [0.15, 0.2) is 18.2 Å². The van der Waals surface area contributed by atoms with E-state index >= 15 is 0 Å². The highest BCUT2D eigenvalue weighted by atomic mass is 35.5. The van der Waals surface area contributed by atoms with Crippen molar-refractivity contribution < 1.29 is 9.47 Å². The molecule has 1 N–H and O–H groups in total. The monoisotopic (exact) mass is 282 g/mol. The van der Waals surface area contributed by atoms with Gasteiger partial charge < -0.3 is 9.47 Å². The maximum absolute atomic E-state index is 5.84. The minimum Gasteiger partial charge on any atom is -0.346 e. The van der Waals surface area contributed by atoms with Crippen molar-refractivity contribution in [1.29, 1.82) is 0 Å². The Morgan fingerprint density at radius 1 is 1.21 bits per heavy atom. The Hall–Kier alpha value is -1.50. The molecule has 0 saturated heterocycles. The van der Waals surface area contributed by atoms with Crippen LogP contribution in [0.3, 0.4) is 0 Å². The summed E-state index contributed by atoms with van der Waals surface area (Å²) in [6, 6.07) is 5.28. The molecule has 0 unspecified atom stereocenters. The van der Waals surface area contributed by atoms with Crippen LogP contribution >= 0.6 is 11.6 Å². The van der Waals surface area contributed by atoms with Crippen molar-refractivity contribution in [2.75, 3.05) is 13.2 Å². The van der Waals surface area contributed by atoms with E-state index in [0.717, 1.165) is 0 Å². The van der Waals surface area contributed by atoms with Crippen LogP contribution in [-0.4, -0.2) is 33.4 Å². The predicted octanol–water partition coefficient (Wildman–Crippen LogP) is 2.59. The zero-order valence-corrected chi connectivity index (χ0v) is 11.5. The first kappa shape index (κ1) is 13.9. The number of aromatic amines is 1. The number of nitrogens with zero attached hydrogens (tertiary/aromatic N) is 3. The maximum atomic E-state index is 5.84. The molecule has 0 atom stereocenters. The van der Waals surface area contributed by atoms with Gasteiger partial charge in [-0.2, -0.15) is 5.10 Å². The van der Waals surface area contributed by atoms with Gasteiger partial charge in [-0.25, -0.2) is 9.97 Å². The van der Waals surface area contributed by atoms with Gasteiger partial charge in [0.1, 0.15) is 10.8 Å².